The van der Waals surface area contributed by atoms with Crippen molar-refractivity contribution in [1.82, 2.24) is 19.9 Å². The number of aliphatic carboxylic acids is 2. The number of rotatable bonds is 9. The molecule has 0 saturated carbocycles. The van der Waals surface area contributed by atoms with E-state index in [-0.39, 0.29) is 32.3 Å². The van der Waals surface area contributed by atoms with Crippen LogP contribution in [0.25, 0.3) is 42.7 Å². The molecule has 0 unspecified atom stereocenters. The highest BCUT2D eigenvalue weighted by atomic mass is 32.1. The summed E-state index contributed by atoms with van der Waals surface area (Å²) < 4.78 is 0. The summed E-state index contributed by atoms with van der Waals surface area (Å²) in [6.07, 6.45) is 12.4. The van der Waals surface area contributed by atoms with Crippen molar-refractivity contribution in [1.29, 1.82) is 0 Å². The van der Waals surface area contributed by atoms with Crippen LogP contribution < -0.4 is 31.8 Å². The van der Waals surface area contributed by atoms with Gasteiger partial charge in [0.15, 0.2) is 0 Å². The van der Waals surface area contributed by atoms with Crippen LogP contribution in [0.15, 0.2) is 6.58 Å². The Kier molecular flexibility index (Phi) is 9.12. The third-order valence-corrected chi connectivity index (χ3v) is 8.66. The molecule has 0 amide bonds. The van der Waals surface area contributed by atoms with Gasteiger partial charge in [-0.25, -0.2) is 0 Å². The van der Waals surface area contributed by atoms with Gasteiger partial charge in [0, 0.05) is 79.0 Å². The molecule has 0 aliphatic carbocycles. The van der Waals surface area contributed by atoms with Crippen LogP contribution in [-0.4, -0.2) is 52.3 Å². The van der Waals surface area contributed by atoms with E-state index in [2.05, 4.69) is 39.1 Å². The van der Waals surface area contributed by atoms with Gasteiger partial charge in [-0.2, -0.15) is 12.6 Å². The van der Waals surface area contributed by atoms with Crippen molar-refractivity contribution in [2.45, 2.75) is 51.9 Å². The fraction of sp³-hybridized carbons (Fsp3) is 0.235. The number of aromatic amines is 4. The number of thiol groups is 1. The molecule has 10 nitrogen and oxygen atoms in total. The summed E-state index contributed by atoms with van der Waals surface area (Å²) in [6, 6.07) is 0. The summed E-state index contributed by atoms with van der Waals surface area (Å²) in [7, 11) is 0. The molecule has 0 atom stereocenters. The molecular formula is C34H36N4O6S. The highest BCUT2D eigenvalue weighted by molar-refractivity contribution is 7.79. The Bertz CT molecular complexity index is 2210. The number of nitrogens with one attached hydrogen (secondary N) is 4. The van der Waals surface area contributed by atoms with E-state index in [0.717, 1.165) is 50.5 Å². The van der Waals surface area contributed by atoms with Crippen LogP contribution in [0.3, 0.4) is 0 Å². The number of aliphatic hydroxyl groups excluding tert-OH is 2. The normalized spacial score (nSPS) is 16.2. The lowest BCUT2D eigenvalue weighted by molar-refractivity contribution is -0.138. The number of carboxylic acid groups (broad SMARTS) is 2. The molecule has 1 aliphatic rings. The van der Waals surface area contributed by atoms with E-state index < -0.39 is 11.9 Å². The zero-order chi connectivity index (χ0) is 32.4. The monoisotopic (exact) mass is 628 g/mol. The van der Waals surface area contributed by atoms with Gasteiger partial charge in [0.05, 0.1) is 18.2 Å². The van der Waals surface area contributed by atoms with E-state index in [9.17, 15) is 30.0 Å². The quantitative estimate of drug-likeness (QED) is 0.108. The van der Waals surface area contributed by atoms with E-state index in [4.69, 9.17) is 0 Å². The third kappa shape index (κ3) is 5.96. The SMILES string of the molecule is C=Cc1c2[nH]c(c1C)\C=c1[nH]c(/c(=C\O)c/1=C\C)=C\c1[nH]c(c(CCC(=O)O)c1CS)/C=c1/[nH]/c(c(CO)c1CCC(=O)O)=C\2. The third-order valence-electron chi connectivity index (χ3n) is 8.35. The minimum Gasteiger partial charge on any atom is -0.515 e. The van der Waals surface area contributed by atoms with Crippen molar-refractivity contribution in [3.63, 3.8) is 0 Å². The van der Waals surface area contributed by atoms with Gasteiger partial charge in [-0.1, -0.05) is 18.7 Å². The zero-order valence-electron chi connectivity index (χ0n) is 25.0. The smallest absolute Gasteiger partial charge is 0.303 e. The van der Waals surface area contributed by atoms with Crippen LogP contribution in [0.2, 0.25) is 0 Å². The molecule has 5 rings (SSSR count). The van der Waals surface area contributed by atoms with E-state index in [0.29, 0.717) is 49.5 Å². The van der Waals surface area contributed by atoms with Crippen molar-refractivity contribution >= 4 is 67.3 Å². The largest absolute Gasteiger partial charge is 0.515 e. The van der Waals surface area contributed by atoms with Crippen molar-refractivity contribution in [2.24, 2.45) is 0 Å². The number of H-pyrrole nitrogens is 4. The molecule has 0 saturated heterocycles. The minimum atomic E-state index is -0.967. The maximum Gasteiger partial charge on any atom is 0.303 e. The fourth-order valence-corrected chi connectivity index (χ4v) is 6.49. The van der Waals surface area contributed by atoms with E-state index in [1.165, 1.54) is 0 Å². The molecule has 0 fully saturated rings. The van der Waals surface area contributed by atoms with Crippen LogP contribution in [0.5, 0.6) is 0 Å². The molecule has 8 bridgehead atoms. The minimum absolute atomic E-state index is 0.110. The first kappa shape index (κ1) is 31.6. The summed E-state index contributed by atoms with van der Waals surface area (Å²) in [6.45, 7) is 7.56. The van der Waals surface area contributed by atoms with E-state index in [1.54, 1.807) is 6.08 Å². The number of hydrogen-bond acceptors (Lipinski definition) is 5. The van der Waals surface area contributed by atoms with Gasteiger partial charge in [0.2, 0.25) is 0 Å². The van der Waals surface area contributed by atoms with Crippen LogP contribution >= 0.6 is 12.6 Å². The lowest BCUT2D eigenvalue weighted by Crippen LogP contribution is -2.37. The number of carboxylic acids is 2. The summed E-state index contributed by atoms with van der Waals surface area (Å²) in [5, 5.41) is 43.9. The molecule has 8 N–H and O–H groups in total. The van der Waals surface area contributed by atoms with Gasteiger partial charge in [-0.05, 0) is 73.2 Å². The molecule has 234 valence electrons. The van der Waals surface area contributed by atoms with Gasteiger partial charge in [0.25, 0.3) is 0 Å². The second kappa shape index (κ2) is 13.0. The van der Waals surface area contributed by atoms with Gasteiger partial charge < -0.3 is 40.4 Å². The molecule has 0 spiro atoms. The first-order valence-electron chi connectivity index (χ1n) is 14.5. The van der Waals surface area contributed by atoms with Crippen LogP contribution in [0.1, 0.15) is 75.9 Å². The maximum atomic E-state index is 11.6. The number of aromatic nitrogens is 4. The maximum absolute atomic E-state index is 11.6. The van der Waals surface area contributed by atoms with Gasteiger partial charge in [-0.15, -0.1) is 0 Å². The fourth-order valence-electron chi connectivity index (χ4n) is 6.13. The van der Waals surface area contributed by atoms with Crippen LogP contribution in [-0.2, 0) is 34.8 Å². The Morgan fingerprint density at radius 3 is 1.91 bits per heavy atom. The predicted octanol–water partition coefficient (Wildman–Crippen LogP) is 0.632. The van der Waals surface area contributed by atoms with Crippen LogP contribution in [0.4, 0.5) is 0 Å². The highest BCUT2D eigenvalue weighted by Gasteiger charge is 2.18. The first-order valence-corrected chi connectivity index (χ1v) is 15.2. The summed E-state index contributed by atoms with van der Waals surface area (Å²) >= 11 is 4.60. The zero-order valence-corrected chi connectivity index (χ0v) is 25.9. The van der Waals surface area contributed by atoms with Crippen molar-refractivity contribution < 1.29 is 30.0 Å². The lowest BCUT2D eigenvalue weighted by atomic mass is 10.0. The molecule has 4 aromatic rings. The Labute approximate surface area is 263 Å². The van der Waals surface area contributed by atoms with Gasteiger partial charge in [-0.3, -0.25) is 9.59 Å². The summed E-state index contributed by atoms with van der Waals surface area (Å²) in [4.78, 5) is 37.0. The Morgan fingerprint density at radius 2 is 1.31 bits per heavy atom. The molecule has 45 heavy (non-hydrogen) atoms. The molecule has 4 aromatic heterocycles. The van der Waals surface area contributed by atoms with Crippen molar-refractivity contribution in [3.8, 4) is 0 Å². The lowest BCUT2D eigenvalue weighted by Gasteiger charge is -2.03. The van der Waals surface area contributed by atoms with E-state index >= 15 is 0 Å². The number of aliphatic hydroxyl groups is 2. The first-order chi connectivity index (χ1) is 21.6. The van der Waals surface area contributed by atoms with Crippen molar-refractivity contribution in [2.75, 3.05) is 0 Å². The second-order valence-corrected chi connectivity index (χ2v) is 11.2. The molecule has 0 aromatic carbocycles. The van der Waals surface area contributed by atoms with E-state index in [1.807, 2.05) is 44.2 Å². The topological polar surface area (TPSA) is 178 Å². The van der Waals surface area contributed by atoms with Gasteiger partial charge in [0.1, 0.15) is 0 Å². The highest BCUT2D eigenvalue weighted by Crippen LogP contribution is 2.25. The average molecular weight is 629 g/mol. The molecular weight excluding hydrogens is 592 g/mol. The molecule has 11 heteroatoms. The second-order valence-electron chi connectivity index (χ2n) is 10.9. The summed E-state index contributed by atoms with van der Waals surface area (Å²) in [5.41, 5.74) is 7.45. The Hall–Kier alpha value is -4.87. The number of hydrogen-bond donors (Lipinski definition) is 9. The van der Waals surface area contributed by atoms with Crippen molar-refractivity contribution in [3.05, 3.63) is 94.6 Å². The summed E-state index contributed by atoms with van der Waals surface area (Å²) in [5.74, 6) is -1.60. The number of fused-ring (bicyclic) bond motifs is 8. The average Bonchev–Trinajstić information content (AvgIpc) is 3.70. The standard InChI is InChI=1S/C34H36N4O6S/c1-4-18-17(3)25-10-27-19(5-2)22(14-39)30(36-27)13-32-24(16-45)21(7-9-34(43)44)29(38-32)12-28-20(6-8-33(41)42)23(15-40)31(37-28)11-26(18)35-25/h4-5,10-14,35-40,45H,1,6-9,15-16H2,2-3H3,(H,41,42)(H,43,44)/b19-5+,22-14-,27-10-,28-12+,30-13-,31-11-. The number of carbonyl (C=O) groups is 2. The van der Waals surface area contributed by atoms with Gasteiger partial charge >= 0.3 is 11.9 Å². The molecule has 1 aliphatic heterocycles. The molecule has 0 radical (unpaired) electrons. The Morgan fingerprint density at radius 1 is 0.778 bits per heavy atom. The Balaban J connectivity index is 1.99. The molecule has 5 heterocycles. The predicted molar refractivity (Wildman–Crippen MR) is 178 cm³/mol. The van der Waals surface area contributed by atoms with Crippen LogP contribution in [0, 0.1) is 6.92 Å².